The van der Waals surface area contributed by atoms with Gasteiger partial charge in [0.15, 0.2) is 12.6 Å². The van der Waals surface area contributed by atoms with Crippen molar-refractivity contribution >= 4 is 5.91 Å². The maximum atomic E-state index is 11.3. The van der Waals surface area contributed by atoms with Gasteiger partial charge in [-0.3, -0.25) is 4.79 Å². The van der Waals surface area contributed by atoms with E-state index in [-0.39, 0.29) is 24.2 Å². The molecule has 0 unspecified atom stereocenters. The van der Waals surface area contributed by atoms with Crippen molar-refractivity contribution in [1.82, 2.24) is 5.32 Å². The van der Waals surface area contributed by atoms with Gasteiger partial charge in [-0.15, -0.1) is 0 Å². The minimum Gasteiger partial charge on any atom is -0.354 e. The molecule has 2 aliphatic heterocycles. The molecular formula is C16H21NO5. The summed E-state index contributed by atoms with van der Waals surface area (Å²) in [4.78, 5) is 11.3. The lowest BCUT2D eigenvalue weighted by molar-refractivity contribution is -0.318. The highest BCUT2D eigenvalue weighted by molar-refractivity contribution is 5.73. The van der Waals surface area contributed by atoms with E-state index in [1.807, 2.05) is 30.3 Å². The number of methoxy groups -OCH3 is 1. The number of benzene rings is 1. The average Bonchev–Trinajstić information content (AvgIpc) is 2.54. The Labute approximate surface area is 129 Å². The van der Waals surface area contributed by atoms with Crippen molar-refractivity contribution in [1.29, 1.82) is 0 Å². The SMILES string of the molecule is CO[C@H]1O[C@@H]2CO[C@@H](c3ccccc3)O[C@H]2C[C@H]1NC(C)=O. The molecule has 5 atom stereocenters. The molecule has 1 aromatic carbocycles. The molecule has 0 saturated carbocycles. The summed E-state index contributed by atoms with van der Waals surface area (Å²) >= 11 is 0. The zero-order valence-electron chi connectivity index (χ0n) is 12.7. The topological polar surface area (TPSA) is 66.0 Å². The molecule has 2 saturated heterocycles. The van der Waals surface area contributed by atoms with Crippen molar-refractivity contribution in [2.24, 2.45) is 0 Å². The first-order chi connectivity index (χ1) is 10.7. The zero-order valence-corrected chi connectivity index (χ0v) is 12.7. The minimum atomic E-state index is -0.481. The van der Waals surface area contributed by atoms with Gasteiger partial charge in [-0.25, -0.2) is 0 Å². The van der Waals surface area contributed by atoms with E-state index in [1.54, 1.807) is 7.11 Å². The Kier molecular flexibility index (Phi) is 4.73. The number of amides is 1. The van der Waals surface area contributed by atoms with Crippen LogP contribution in [-0.4, -0.2) is 44.2 Å². The molecule has 0 bridgehead atoms. The Hall–Kier alpha value is -1.47. The lowest BCUT2D eigenvalue weighted by Crippen LogP contribution is -2.58. The first kappa shape index (κ1) is 15.4. The van der Waals surface area contributed by atoms with E-state index in [0.29, 0.717) is 13.0 Å². The Morgan fingerprint density at radius 3 is 2.68 bits per heavy atom. The number of hydrogen-bond acceptors (Lipinski definition) is 5. The molecule has 1 N–H and O–H groups in total. The lowest BCUT2D eigenvalue weighted by atomic mass is 9.99. The number of nitrogens with one attached hydrogen (secondary N) is 1. The smallest absolute Gasteiger partial charge is 0.217 e. The van der Waals surface area contributed by atoms with Crippen LogP contribution < -0.4 is 5.32 Å². The third kappa shape index (κ3) is 3.30. The normalized spacial score (nSPS) is 34.7. The monoisotopic (exact) mass is 307 g/mol. The van der Waals surface area contributed by atoms with Crippen LogP contribution in [0.3, 0.4) is 0 Å². The summed E-state index contributed by atoms with van der Waals surface area (Å²) in [7, 11) is 1.57. The molecule has 0 aliphatic carbocycles. The molecular weight excluding hydrogens is 286 g/mol. The van der Waals surface area contributed by atoms with Crippen LogP contribution in [0.1, 0.15) is 25.2 Å². The summed E-state index contributed by atoms with van der Waals surface area (Å²) in [6, 6.07) is 9.57. The second-order valence-electron chi connectivity index (χ2n) is 5.57. The third-order valence-electron chi connectivity index (χ3n) is 3.94. The Morgan fingerprint density at radius 1 is 1.23 bits per heavy atom. The van der Waals surface area contributed by atoms with Crippen molar-refractivity contribution in [3.05, 3.63) is 35.9 Å². The van der Waals surface area contributed by atoms with Crippen molar-refractivity contribution < 1.29 is 23.7 Å². The van der Waals surface area contributed by atoms with Crippen LogP contribution in [0.15, 0.2) is 30.3 Å². The first-order valence-electron chi connectivity index (χ1n) is 7.44. The predicted molar refractivity (Wildman–Crippen MR) is 77.9 cm³/mol. The van der Waals surface area contributed by atoms with E-state index in [2.05, 4.69) is 5.32 Å². The summed E-state index contributed by atoms with van der Waals surface area (Å²) in [5.41, 5.74) is 0.978. The Balaban J connectivity index is 1.69. The van der Waals surface area contributed by atoms with Gasteiger partial charge in [-0.1, -0.05) is 30.3 Å². The van der Waals surface area contributed by atoms with Gasteiger partial charge in [0.2, 0.25) is 5.91 Å². The maximum Gasteiger partial charge on any atom is 0.217 e. The number of hydrogen-bond donors (Lipinski definition) is 1. The summed E-state index contributed by atoms with van der Waals surface area (Å²) in [6.45, 7) is 1.92. The second-order valence-corrected chi connectivity index (χ2v) is 5.57. The van der Waals surface area contributed by atoms with Crippen LogP contribution in [0.5, 0.6) is 0 Å². The number of fused-ring (bicyclic) bond motifs is 1. The number of rotatable bonds is 3. The van der Waals surface area contributed by atoms with E-state index in [9.17, 15) is 4.79 Å². The van der Waals surface area contributed by atoms with Gasteiger partial charge >= 0.3 is 0 Å². The van der Waals surface area contributed by atoms with Gasteiger partial charge in [-0.2, -0.15) is 0 Å². The van der Waals surface area contributed by atoms with E-state index in [1.165, 1.54) is 6.92 Å². The van der Waals surface area contributed by atoms with Crippen molar-refractivity contribution in [2.75, 3.05) is 13.7 Å². The van der Waals surface area contributed by atoms with Crippen LogP contribution >= 0.6 is 0 Å². The molecule has 1 amide bonds. The van der Waals surface area contributed by atoms with Crippen LogP contribution in [0.25, 0.3) is 0 Å². The second kappa shape index (κ2) is 6.75. The quantitative estimate of drug-likeness (QED) is 0.913. The molecule has 0 aromatic heterocycles. The highest BCUT2D eigenvalue weighted by Crippen LogP contribution is 2.33. The maximum absolute atomic E-state index is 11.3. The van der Waals surface area contributed by atoms with Crippen molar-refractivity contribution in [3.8, 4) is 0 Å². The number of ether oxygens (including phenoxy) is 4. The molecule has 120 valence electrons. The van der Waals surface area contributed by atoms with Gasteiger partial charge < -0.3 is 24.3 Å². The molecule has 6 heteroatoms. The fourth-order valence-electron chi connectivity index (χ4n) is 2.93. The highest BCUT2D eigenvalue weighted by atomic mass is 16.7. The molecule has 22 heavy (non-hydrogen) atoms. The average molecular weight is 307 g/mol. The van der Waals surface area contributed by atoms with Gasteiger partial charge in [0, 0.05) is 26.0 Å². The molecule has 0 radical (unpaired) electrons. The number of carbonyl (C=O) groups is 1. The lowest BCUT2D eigenvalue weighted by Gasteiger charge is -2.44. The third-order valence-corrected chi connectivity index (χ3v) is 3.94. The molecule has 2 heterocycles. The van der Waals surface area contributed by atoms with E-state index >= 15 is 0 Å². The van der Waals surface area contributed by atoms with Crippen LogP contribution in [-0.2, 0) is 23.7 Å². The fraction of sp³-hybridized carbons (Fsp3) is 0.562. The molecule has 2 aliphatic rings. The fourth-order valence-corrected chi connectivity index (χ4v) is 2.93. The minimum absolute atomic E-state index is 0.110. The molecule has 1 aromatic rings. The molecule has 3 rings (SSSR count). The van der Waals surface area contributed by atoms with E-state index in [4.69, 9.17) is 18.9 Å². The molecule has 6 nitrogen and oxygen atoms in total. The highest BCUT2D eigenvalue weighted by Gasteiger charge is 2.43. The van der Waals surface area contributed by atoms with Crippen LogP contribution in [0.4, 0.5) is 0 Å². The predicted octanol–water partition coefficient (Wildman–Crippen LogP) is 1.37. The van der Waals surface area contributed by atoms with Gasteiger partial charge in [0.05, 0.1) is 18.8 Å². The van der Waals surface area contributed by atoms with E-state index < -0.39 is 12.6 Å². The summed E-state index contributed by atoms with van der Waals surface area (Å²) in [5, 5.41) is 2.86. The van der Waals surface area contributed by atoms with Gasteiger partial charge in [0.1, 0.15) is 6.10 Å². The summed E-state index contributed by atoms with van der Waals surface area (Å²) < 4.78 is 22.9. The Morgan fingerprint density at radius 2 is 2.00 bits per heavy atom. The zero-order chi connectivity index (χ0) is 15.5. The summed E-state index contributed by atoms with van der Waals surface area (Å²) in [6.07, 6.45) is -0.569. The van der Waals surface area contributed by atoms with E-state index in [0.717, 1.165) is 5.56 Å². The largest absolute Gasteiger partial charge is 0.354 e. The first-order valence-corrected chi connectivity index (χ1v) is 7.44. The molecule has 2 fully saturated rings. The standard InChI is InChI=1S/C16H21NO5/c1-10(18)17-12-8-13-14(22-16(12)19-2)9-20-15(21-13)11-6-4-3-5-7-11/h3-7,12-16H,8-9H2,1-2H3,(H,17,18)/t12-,13+,14-,15-,16+/m1/s1. The Bertz CT molecular complexity index is 509. The van der Waals surface area contributed by atoms with Crippen molar-refractivity contribution in [2.45, 2.75) is 44.2 Å². The van der Waals surface area contributed by atoms with Gasteiger partial charge in [-0.05, 0) is 0 Å². The van der Waals surface area contributed by atoms with Crippen LogP contribution in [0, 0.1) is 0 Å². The molecule has 0 spiro atoms. The van der Waals surface area contributed by atoms with Crippen LogP contribution in [0.2, 0.25) is 0 Å². The number of carbonyl (C=O) groups excluding carboxylic acids is 1. The summed E-state index contributed by atoms with van der Waals surface area (Å²) in [5.74, 6) is -0.110. The van der Waals surface area contributed by atoms with Gasteiger partial charge in [0.25, 0.3) is 0 Å². The van der Waals surface area contributed by atoms with Crippen molar-refractivity contribution in [3.63, 3.8) is 0 Å².